The molecule has 0 bridgehead atoms. The van der Waals surface area contributed by atoms with E-state index in [4.69, 9.17) is 16.3 Å². The summed E-state index contributed by atoms with van der Waals surface area (Å²) in [6.07, 6.45) is 0. The molecule has 1 aliphatic rings. The number of halogens is 1. The normalized spacial score (nSPS) is 15.5. The van der Waals surface area contributed by atoms with E-state index in [0.29, 0.717) is 23.9 Å². The third-order valence-electron chi connectivity index (χ3n) is 3.41. The molecule has 0 unspecified atom stereocenters. The zero-order chi connectivity index (χ0) is 15.4. The van der Waals surface area contributed by atoms with E-state index in [9.17, 15) is 9.59 Å². The van der Waals surface area contributed by atoms with Crippen LogP contribution in [-0.2, 0) is 9.59 Å². The molecule has 6 heteroatoms. The first-order valence-corrected chi connectivity index (χ1v) is 7.31. The Morgan fingerprint density at radius 3 is 2.52 bits per heavy atom. The summed E-state index contributed by atoms with van der Waals surface area (Å²) in [5.41, 5.74) is 0. The van der Waals surface area contributed by atoms with Crippen molar-refractivity contribution < 1.29 is 14.3 Å². The molecule has 1 saturated heterocycles. The maximum atomic E-state index is 12.1. The number of amides is 2. The third-order valence-corrected chi connectivity index (χ3v) is 3.66. The van der Waals surface area contributed by atoms with Crippen LogP contribution >= 0.6 is 11.6 Å². The Balaban J connectivity index is 1.84. The smallest absolute Gasteiger partial charge is 0.261 e. The Morgan fingerprint density at radius 2 is 1.95 bits per heavy atom. The third kappa shape index (κ3) is 4.11. The second-order valence-corrected chi connectivity index (χ2v) is 5.68. The summed E-state index contributed by atoms with van der Waals surface area (Å²) in [4.78, 5) is 27.3. The molecule has 1 aromatic rings. The maximum absolute atomic E-state index is 12.1. The lowest BCUT2D eigenvalue weighted by atomic mass is 10.2. The van der Waals surface area contributed by atoms with Crippen molar-refractivity contribution in [3.8, 4) is 5.75 Å². The van der Waals surface area contributed by atoms with Crippen LogP contribution in [0.3, 0.4) is 0 Å². The van der Waals surface area contributed by atoms with Crippen molar-refractivity contribution in [2.75, 3.05) is 26.2 Å². The molecule has 0 spiro atoms. The van der Waals surface area contributed by atoms with Gasteiger partial charge in [0.05, 0.1) is 6.54 Å². The number of ether oxygens (including phenoxy) is 1. The minimum Gasteiger partial charge on any atom is -0.484 e. The molecule has 2 rings (SSSR count). The van der Waals surface area contributed by atoms with Gasteiger partial charge in [0, 0.05) is 24.2 Å². The summed E-state index contributed by atoms with van der Waals surface area (Å²) in [5, 5.41) is 0.615. The Bertz CT molecular complexity index is 516. The van der Waals surface area contributed by atoms with Crippen LogP contribution in [-0.4, -0.2) is 53.9 Å². The molecule has 0 radical (unpaired) electrons. The zero-order valence-corrected chi connectivity index (χ0v) is 13.0. The number of piperazine rings is 1. The van der Waals surface area contributed by atoms with Gasteiger partial charge in [0.2, 0.25) is 5.91 Å². The SMILES string of the molecule is CC(C)N1CCN(C(=O)COc2ccc(Cl)cc2)CC1=O. The van der Waals surface area contributed by atoms with E-state index >= 15 is 0 Å². The average Bonchev–Trinajstić information content (AvgIpc) is 2.45. The average molecular weight is 311 g/mol. The molecule has 0 saturated carbocycles. The standard InChI is InChI=1S/C15H19ClN2O3/c1-11(2)18-8-7-17(9-14(18)19)15(20)10-21-13-5-3-12(16)4-6-13/h3-6,11H,7-10H2,1-2H3. The molecule has 114 valence electrons. The first-order valence-electron chi connectivity index (χ1n) is 6.93. The van der Waals surface area contributed by atoms with E-state index < -0.39 is 0 Å². The van der Waals surface area contributed by atoms with E-state index in [0.717, 1.165) is 0 Å². The Hall–Kier alpha value is -1.75. The largest absolute Gasteiger partial charge is 0.484 e. The summed E-state index contributed by atoms with van der Waals surface area (Å²) in [6.45, 7) is 5.12. The van der Waals surface area contributed by atoms with Crippen LogP contribution in [0, 0.1) is 0 Å². The lowest BCUT2D eigenvalue weighted by molar-refractivity contribution is -0.147. The van der Waals surface area contributed by atoms with Gasteiger partial charge in [-0.05, 0) is 38.1 Å². The molecule has 5 nitrogen and oxygen atoms in total. The van der Waals surface area contributed by atoms with Gasteiger partial charge in [-0.25, -0.2) is 0 Å². The molecule has 0 atom stereocenters. The minimum atomic E-state index is -0.179. The molecule has 1 aromatic carbocycles. The summed E-state index contributed by atoms with van der Waals surface area (Å²) in [7, 11) is 0. The highest BCUT2D eigenvalue weighted by Crippen LogP contribution is 2.15. The number of rotatable bonds is 4. The number of hydrogen-bond donors (Lipinski definition) is 0. The second-order valence-electron chi connectivity index (χ2n) is 5.24. The quantitative estimate of drug-likeness (QED) is 0.852. The topological polar surface area (TPSA) is 49.9 Å². The number of hydrogen-bond acceptors (Lipinski definition) is 3. The molecular weight excluding hydrogens is 292 g/mol. The van der Waals surface area contributed by atoms with Crippen molar-refractivity contribution in [3.63, 3.8) is 0 Å². The highest BCUT2D eigenvalue weighted by Gasteiger charge is 2.28. The van der Waals surface area contributed by atoms with Crippen molar-refractivity contribution in [3.05, 3.63) is 29.3 Å². The minimum absolute atomic E-state index is 0.0175. The summed E-state index contributed by atoms with van der Waals surface area (Å²) in [6, 6.07) is 6.98. The van der Waals surface area contributed by atoms with Gasteiger partial charge in [0.25, 0.3) is 5.91 Å². The molecule has 1 fully saturated rings. The first-order chi connectivity index (χ1) is 9.97. The second kappa shape index (κ2) is 6.80. The summed E-state index contributed by atoms with van der Waals surface area (Å²) in [5.74, 6) is 0.387. The van der Waals surface area contributed by atoms with E-state index in [1.807, 2.05) is 13.8 Å². The number of carbonyl (C=O) groups is 2. The summed E-state index contributed by atoms with van der Waals surface area (Å²) >= 11 is 5.78. The Labute approximate surface area is 129 Å². The highest BCUT2D eigenvalue weighted by molar-refractivity contribution is 6.30. The van der Waals surface area contributed by atoms with Crippen LogP contribution in [0.2, 0.25) is 5.02 Å². The van der Waals surface area contributed by atoms with Crippen LogP contribution in [0.1, 0.15) is 13.8 Å². The van der Waals surface area contributed by atoms with Gasteiger partial charge < -0.3 is 14.5 Å². The number of benzene rings is 1. The van der Waals surface area contributed by atoms with Gasteiger partial charge in [-0.1, -0.05) is 11.6 Å². The van der Waals surface area contributed by atoms with Crippen molar-refractivity contribution in [1.29, 1.82) is 0 Å². The molecule has 2 amide bonds. The predicted octanol–water partition coefficient (Wildman–Crippen LogP) is 1.80. The van der Waals surface area contributed by atoms with E-state index in [1.165, 1.54) is 4.90 Å². The monoisotopic (exact) mass is 310 g/mol. The number of carbonyl (C=O) groups excluding carboxylic acids is 2. The fourth-order valence-electron chi connectivity index (χ4n) is 2.21. The number of nitrogens with zero attached hydrogens (tertiary/aromatic N) is 2. The summed E-state index contributed by atoms with van der Waals surface area (Å²) < 4.78 is 5.41. The van der Waals surface area contributed by atoms with Crippen molar-refractivity contribution in [2.24, 2.45) is 0 Å². The molecule has 1 aliphatic heterocycles. The fourth-order valence-corrected chi connectivity index (χ4v) is 2.34. The lowest BCUT2D eigenvalue weighted by Gasteiger charge is -2.36. The van der Waals surface area contributed by atoms with Gasteiger partial charge in [-0.2, -0.15) is 0 Å². The predicted molar refractivity (Wildman–Crippen MR) is 80.4 cm³/mol. The van der Waals surface area contributed by atoms with Gasteiger partial charge in [-0.3, -0.25) is 9.59 Å². The van der Waals surface area contributed by atoms with Crippen LogP contribution < -0.4 is 4.74 Å². The molecule has 21 heavy (non-hydrogen) atoms. The Kier molecular flexibility index (Phi) is 5.07. The van der Waals surface area contributed by atoms with Gasteiger partial charge >= 0.3 is 0 Å². The van der Waals surface area contributed by atoms with Gasteiger partial charge in [0.1, 0.15) is 5.75 Å². The van der Waals surface area contributed by atoms with E-state index in [2.05, 4.69) is 0 Å². The van der Waals surface area contributed by atoms with Crippen LogP contribution in [0.5, 0.6) is 5.75 Å². The Morgan fingerprint density at radius 1 is 1.29 bits per heavy atom. The van der Waals surface area contributed by atoms with Crippen LogP contribution in [0.25, 0.3) is 0 Å². The van der Waals surface area contributed by atoms with Crippen LogP contribution in [0.15, 0.2) is 24.3 Å². The van der Waals surface area contributed by atoms with Crippen molar-refractivity contribution >= 4 is 23.4 Å². The van der Waals surface area contributed by atoms with Crippen molar-refractivity contribution in [1.82, 2.24) is 9.80 Å². The van der Waals surface area contributed by atoms with E-state index in [1.54, 1.807) is 29.2 Å². The van der Waals surface area contributed by atoms with Gasteiger partial charge in [0.15, 0.2) is 6.61 Å². The van der Waals surface area contributed by atoms with Gasteiger partial charge in [-0.15, -0.1) is 0 Å². The molecule has 1 heterocycles. The lowest BCUT2D eigenvalue weighted by Crippen LogP contribution is -2.55. The van der Waals surface area contributed by atoms with E-state index in [-0.39, 0.29) is 31.0 Å². The van der Waals surface area contributed by atoms with Crippen LogP contribution in [0.4, 0.5) is 0 Å². The zero-order valence-electron chi connectivity index (χ0n) is 12.2. The maximum Gasteiger partial charge on any atom is 0.261 e. The highest BCUT2D eigenvalue weighted by atomic mass is 35.5. The van der Waals surface area contributed by atoms with Crippen molar-refractivity contribution in [2.45, 2.75) is 19.9 Å². The fraction of sp³-hybridized carbons (Fsp3) is 0.467. The molecular formula is C15H19ClN2O3. The molecule has 0 N–H and O–H groups in total. The molecule has 0 aromatic heterocycles. The first kappa shape index (κ1) is 15.6. The molecule has 0 aliphatic carbocycles.